The van der Waals surface area contributed by atoms with Crippen LogP contribution in [0.5, 0.6) is 0 Å². The number of thioether (sulfide) groups is 1. The first-order valence-electron chi connectivity index (χ1n) is 5.84. The summed E-state index contributed by atoms with van der Waals surface area (Å²) in [4.78, 5) is 25.3. The molecule has 0 atom stereocenters. The minimum atomic E-state index is -0.363. The standard InChI is InChI=1S/C13H13N3O3S/c1-8-11(17)14-13(16-15-8)20-7-9-3-5-10(6-4-9)12(18)19-2/h3-6H,7H2,1-2H3,(H,14,16,17). The van der Waals surface area contributed by atoms with Crippen LogP contribution >= 0.6 is 11.8 Å². The van der Waals surface area contributed by atoms with Gasteiger partial charge >= 0.3 is 5.97 Å². The van der Waals surface area contributed by atoms with E-state index in [-0.39, 0.29) is 11.5 Å². The first-order valence-corrected chi connectivity index (χ1v) is 6.82. The highest BCUT2D eigenvalue weighted by Gasteiger charge is 2.05. The third-order valence-electron chi connectivity index (χ3n) is 2.59. The van der Waals surface area contributed by atoms with Crippen LogP contribution in [0.3, 0.4) is 0 Å². The Morgan fingerprint density at radius 3 is 2.60 bits per heavy atom. The van der Waals surface area contributed by atoms with Crippen LogP contribution in [0.2, 0.25) is 0 Å². The van der Waals surface area contributed by atoms with Crippen LogP contribution in [0, 0.1) is 6.92 Å². The highest BCUT2D eigenvalue weighted by Crippen LogP contribution is 2.18. The van der Waals surface area contributed by atoms with E-state index in [1.807, 2.05) is 12.1 Å². The van der Waals surface area contributed by atoms with Crippen molar-refractivity contribution in [2.24, 2.45) is 0 Å². The van der Waals surface area contributed by atoms with E-state index in [0.29, 0.717) is 22.2 Å². The Kier molecular flexibility index (Phi) is 4.52. The molecule has 1 aromatic carbocycles. The number of benzene rings is 1. The zero-order chi connectivity index (χ0) is 14.5. The van der Waals surface area contributed by atoms with Gasteiger partial charge in [-0.25, -0.2) is 4.79 Å². The van der Waals surface area contributed by atoms with Crippen LogP contribution in [-0.4, -0.2) is 28.3 Å². The number of aromatic amines is 1. The number of rotatable bonds is 4. The molecule has 0 bridgehead atoms. The van der Waals surface area contributed by atoms with E-state index in [0.717, 1.165) is 5.56 Å². The van der Waals surface area contributed by atoms with Gasteiger partial charge in [0.05, 0.1) is 12.7 Å². The minimum Gasteiger partial charge on any atom is -0.465 e. The Morgan fingerprint density at radius 1 is 1.30 bits per heavy atom. The van der Waals surface area contributed by atoms with Crippen LogP contribution in [-0.2, 0) is 10.5 Å². The molecule has 0 aliphatic rings. The predicted molar refractivity (Wildman–Crippen MR) is 74.7 cm³/mol. The second kappa shape index (κ2) is 6.33. The second-order valence-electron chi connectivity index (χ2n) is 4.02. The number of hydrogen-bond acceptors (Lipinski definition) is 6. The molecule has 1 heterocycles. The molecule has 2 rings (SSSR count). The monoisotopic (exact) mass is 291 g/mol. The molecule has 0 unspecified atom stereocenters. The fraction of sp³-hybridized carbons (Fsp3) is 0.231. The van der Waals surface area contributed by atoms with Gasteiger partial charge in [-0.05, 0) is 24.6 Å². The molecule has 0 fully saturated rings. The molecule has 1 aromatic heterocycles. The summed E-state index contributed by atoms with van der Waals surface area (Å²) in [5.74, 6) is 0.257. The van der Waals surface area contributed by atoms with Gasteiger partial charge < -0.3 is 4.74 Å². The van der Waals surface area contributed by atoms with E-state index in [1.54, 1.807) is 19.1 Å². The van der Waals surface area contributed by atoms with Gasteiger partial charge in [-0.15, -0.1) is 10.2 Å². The Hall–Kier alpha value is -2.15. The van der Waals surface area contributed by atoms with Crippen LogP contribution in [0.15, 0.2) is 34.2 Å². The third-order valence-corrected chi connectivity index (χ3v) is 3.53. The molecule has 6 nitrogen and oxygen atoms in total. The minimum absolute atomic E-state index is 0.233. The molecule has 2 aromatic rings. The summed E-state index contributed by atoms with van der Waals surface area (Å²) in [6.45, 7) is 1.60. The highest BCUT2D eigenvalue weighted by atomic mass is 32.2. The summed E-state index contributed by atoms with van der Waals surface area (Å²) in [5.41, 5.74) is 1.62. The summed E-state index contributed by atoms with van der Waals surface area (Å²) < 4.78 is 4.63. The molecule has 0 radical (unpaired) electrons. The molecule has 0 amide bonds. The first-order chi connectivity index (χ1) is 9.60. The number of aryl methyl sites for hydroxylation is 1. The van der Waals surface area contributed by atoms with Gasteiger partial charge in [0.15, 0.2) is 5.16 Å². The van der Waals surface area contributed by atoms with Gasteiger partial charge in [-0.2, -0.15) is 0 Å². The lowest BCUT2D eigenvalue weighted by molar-refractivity contribution is 0.0600. The van der Waals surface area contributed by atoms with Crippen LogP contribution < -0.4 is 5.56 Å². The van der Waals surface area contributed by atoms with Crippen molar-refractivity contribution >= 4 is 17.7 Å². The fourth-order valence-electron chi connectivity index (χ4n) is 1.45. The molecule has 0 spiro atoms. The zero-order valence-corrected chi connectivity index (χ0v) is 11.9. The molecule has 0 aliphatic carbocycles. The van der Waals surface area contributed by atoms with Crippen molar-refractivity contribution in [3.8, 4) is 0 Å². The highest BCUT2D eigenvalue weighted by molar-refractivity contribution is 7.98. The van der Waals surface area contributed by atoms with Crippen molar-refractivity contribution in [3.63, 3.8) is 0 Å². The maximum Gasteiger partial charge on any atom is 0.337 e. The largest absolute Gasteiger partial charge is 0.465 e. The number of aromatic nitrogens is 3. The number of ether oxygens (including phenoxy) is 1. The Bertz CT molecular complexity index is 667. The SMILES string of the molecule is COC(=O)c1ccc(CSc2nnc(C)c(=O)[nH]2)cc1. The Morgan fingerprint density at radius 2 is 2.00 bits per heavy atom. The smallest absolute Gasteiger partial charge is 0.337 e. The molecule has 0 saturated carbocycles. The van der Waals surface area contributed by atoms with E-state index < -0.39 is 0 Å². The van der Waals surface area contributed by atoms with Crippen molar-refractivity contribution < 1.29 is 9.53 Å². The van der Waals surface area contributed by atoms with Gasteiger partial charge in [0.1, 0.15) is 5.69 Å². The summed E-state index contributed by atoms with van der Waals surface area (Å²) in [5, 5.41) is 8.13. The number of nitrogens with one attached hydrogen (secondary N) is 1. The quantitative estimate of drug-likeness (QED) is 0.679. The molecular weight excluding hydrogens is 278 g/mol. The Balaban J connectivity index is 2.02. The summed E-state index contributed by atoms with van der Waals surface area (Å²) in [6, 6.07) is 7.06. The molecular formula is C13H13N3O3S. The first kappa shape index (κ1) is 14.3. The fourth-order valence-corrected chi connectivity index (χ4v) is 2.21. The topological polar surface area (TPSA) is 84.9 Å². The van der Waals surface area contributed by atoms with Gasteiger partial charge in [0, 0.05) is 5.75 Å². The van der Waals surface area contributed by atoms with Crippen molar-refractivity contribution in [2.75, 3.05) is 7.11 Å². The second-order valence-corrected chi connectivity index (χ2v) is 4.99. The van der Waals surface area contributed by atoms with E-state index in [2.05, 4.69) is 19.9 Å². The molecule has 7 heteroatoms. The molecule has 0 saturated heterocycles. The van der Waals surface area contributed by atoms with E-state index >= 15 is 0 Å². The van der Waals surface area contributed by atoms with Crippen LogP contribution in [0.1, 0.15) is 21.6 Å². The van der Waals surface area contributed by atoms with Crippen molar-refractivity contribution in [1.29, 1.82) is 0 Å². The van der Waals surface area contributed by atoms with E-state index in [9.17, 15) is 9.59 Å². The van der Waals surface area contributed by atoms with Gasteiger partial charge in [0.2, 0.25) is 0 Å². The normalized spacial score (nSPS) is 10.3. The average molecular weight is 291 g/mol. The molecule has 20 heavy (non-hydrogen) atoms. The zero-order valence-electron chi connectivity index (χ0n) is 11.0. The molecule has 104 valence electrons. The number of carbonyl (C=O) groups excluding carboxylic acids is 1. The molecule has 0 aliphatic heterocycles. The lowest BCUT2D eigenvalue weighted by Gasteiger charge is -2.03. The lowest BCUT2D eigenvalue weighted by atomic mass is 10.1. The number of nitrogens with zero attached hydrogens (tertiary/aromatic N) is 2. The van der Waals surface area contributed by atoms with E-state index in [1.165, 1.54) is 18.9 Å². The number of methoxy groups -OCH3 is 1. The molecule has 1 N–H and O–H groups in total. The summed E-state index contributed by atoms with van der Waals surface area (Å²) >= 11 is 1.37. The van der Waals surface area contributed by atoms with Crippen molar-refractivity contribution in [2.45, 2.75) is 17.8 Å². The lowest BCUT2D eigenvalue weighted by Crippen LogP contribution is -2.14. The van der Waals surface area contributed by atoms with Crippen molar-refractivity contribution in [3.05, 3.63) is 51.4 Å². The summed E-state index contributed by atoms with van der Waals surface area (Å²) in [6.07, 6.45) is 0. The maximum atomic E-state index is 11.4. The number of carbonyl (C=O) groups is 1. The van der Waals surface area contributed by atoms with Gasteiger partial charge in [-0.1, -0.05) is 23.9 Å². The number of hydrogen-bond donors (Lipinski definition) is 1. The average Bonchev–Trinajstić information content (AvgIpc) is 2.48. The number of H-pyrrole nitrogens is 1. The van der Waals surface area contributed by atoms with Gasteiger partial charge in [0.25, 0.3) is 5.56 Å². The van der Waals surface area contributed by atoms with Gasteiger partial charge in [-0.3, -0.25) is 9.78 Å². The summed E-state index contributed by atoms with van der Waals surface area (Å²) in [7, 11) is 1.35. The number of esters is 1. The Labute approximate surface area is 119 Å². The van der Waals surface area contributed by atoms with Crippen LogP contribution in [0.4, 0.5) is 0 Å². The predicted octanol–water partition coefficient (Wildman–Crippen LogP) is 1.55. The maximum absolute atomic E-state index is 11.4. The third kappa shape index (κ3) is 3.45. The van der Waals surface area contributed by atoms with Crippen LogP contribution in [0.25, 0.3) is 0 Å². The van der Waals surface area contributed by atoms with E-state index in [4.69, 9.17) is 0 Å². The van der Waals surface area contributed by atoms with Crippen molar-refractivity contribution in [1.82, 2.24) is 15.2 Å².